The molecule has 60 heavy (non-hydrogen) atoms. The summed E-state index contributed by atoms with van der Waals surface area (Å²) in [5, 5.41) is 26.9. The highest BCUT2D eigenvalue weighted by atomic mass is 19.1. The van der Waals surface area contributed by atoms with Gasteiger partial charge in [0.05, 0.1) is 18.2 Å². The van der Waals surface area contributed by atoms with Crippen molar-refractivity contribution in [3.63, 3.8) is 0 Å². The lowest BCUT2D eigenvalue weighted by Crippen LogP contribution is -2.70. The molecule has 0 aromatic heterocycles. The number of fused-ring (bicyclic) bond motifs is 3. The SMILES string of the molecule is C=CCOC12Oc3ccc(Oc4ccc5ccccc5c4)cc3C3C(CCCCO)C(CCCCO)C=C(C(=NOCC)CC1N(Cc1ccc(F)cc1)C(=O)C1CC1)C32. The molecule has 8 rings (SSSR count). The Kier molecular flexibility index (Phi) is 13.0. The van der Waals surface area contributed by atoms with Gasteiger partial charge in [-0.15, -0.1) is 6.58 Å². The normalized spacial score (nSPS) is 24.8. The van der Waals surface area contributed by atoms with Gasteiger partial charge in [0.15, 0.2) is 0 Å². The number of ether oxygens (including phenoxy) is 3. The van der Waals surface area contributed by atoms with Gasteiger partial charge in [0, 0.05) is 43.6 Å². The maximum Gasteiger partial charge on any atom is 0.239 e. The van der Waals surface area contributed by atoms with Gasteiger partial charge in [0.2, 0.25) is 11.7 Å². The molecule has 4 aliphatic rings. The number of allylic oxidation sites excluding steroid dienone is 1. The van der Waals surface area contributed by atoms with Gasteiger partial charge >= 0.3 is 0 Å². The van der Waals surface area contributed by atoms with Crippen LogP contribution in [0.2, 0.25) is 0 Å². The van der Waals surface area contributed by atoms with E-state index >= 15 is 0 Å². The fraction of sp³-hybridized carbons (Fsp3) is 0.440. The third-order valence-corrected chi connectivity index (χ3v) is 12.8. The first-order chi connectivity index (χ1) is 29.4. The van der Waals surface area contributed by atoms with Crippen molar-refractivity contribution in [2.45, 2.75) is 89.0 Å². The number of hydrogen-bond acceptors (Lipinski definition) is 8. The molecule has 0 saturated heterocycles. The van der Waals surface area contributed by atoms with Gasteiger partial charge < -0.3 is 34.2 Å². The number of carbonyl (C=O) groups is 1. The number of amides is 1. The molecule has 4 aromatic rings. The van der Waals surface area contributed by atoms with Gasteiger partial charge in [-0.3, -0.25) is 4.79 Å². The first kappa shape index (κ1) is 41.7. The minimum absolute atomic E-state index is 0.0105. The van der Waals surface area contributed by atoms with Gasteiger partial charge in [0.25, 0.3) is 0 Å². The summed E-state index contributed by atoms with van der Waals surface area (Å²) in [5.41, 5.74) is 3.51. The number of benzene rings is 4. The Hall–Kier alpha value is -5.03. The van der Waals surface area contributed by atoms with Crippen molar-refractivity contribution in [3.8, 4) is 17.2 Å². The van der Waals surface area contributed by atoms with Crippen LogP contribution in [-0.4, -0.2) is 65.0 Å². The number of halogens is 1. The number of unbranched alkanes of at least 4 members (excludes halogenated alkanes) is 2. The first-order valence-corrected chi connectivity index (χ1v) is 21.8. The average molecular weight is 817 g/mol. The molecule has 1 aliphatic heterocycles. The van der Waals surface area contributed by atoms with Gasteiger partial charge in [-0.1, -0.05) is 72.6 Å². The molecular weight excluding hydrogens is 760 g/mol. The Balaban J connectivity index is 1.32. The largest absolute Gasteiger partial charge is 0.459 e. The molecule has 0 spiro atoms. The van der Waals surface area contributed by atoms with Crippen molar-refractivity contribution in [3.05, 3.63) is 126 Å². The third-order valence-electron chi connectivity index (χ3n) is 12.8. The van der Waals surface area contributed by atoms with Crippen LogP contribution in [0.3, 0.4) is 0 Å². The highest BCUT2D eigenvalue weighted by molar-refractivity contribution is 6.03. The second kappa shape index (κ2) is 18.7. The molecular formula is C50H57FN2O7. The van der Waals surface area contributed by atoms with Crippen LogP contribution in [0, 0.1) is 29.5 Å². The van der Waals surface area contributed by atoms with E-state index in [-0.39, 0.29) is 61.8 Å². The minimum Gasteiger partial charge on any atom is -0.459 e. The second-order valence-corrected chi connectivity index (χ2v) is 16.7. The summed E-state index contributed by atoms with van der Waals surface area (Å²) in [6.07, 6.45) is 10.7. The van der Waals surface area contributed by atoms with Gasteiger partial charge in [-0.05, 0) is 122 Å². The molecule has 6 atom stereocenters. The zero-order valence-corrected chi connectivity index (χ0v) is 34.5. The van der Waals surface area contributed by atoms with Crippen LogP contribution in [0.15, 0.2) is 114 Å². The Morgan fingerprint density at radius 1 is 0.950 bits per heavy atom. The van der Waals surface area contributed by atoms with Crippen LogP contribution in [0.25, 0.3) is 10.8 Å². The van der Waals surface area contributed by atoms with E-state index in [9.17, 15) is 19.4 Å². The van der Waals surface area contributed by atoms with E-state index in [1.807, 2.05) is 48.2 Å². The Morgan fingerprint density at radius 2 is 1.68 bits per heavy atom. The van der Waals surface area contributed by atoms with Crippen LogP contribution in [0.5, 0.6) is 17.2 Å². The van der Waals surface area contributed by atoms with Gasteiger partial charge in [-0.25, -0.2) is 4.39 Å². The van der Waals surface area contributed by atoms with E-state index < -0.39 is 17.7 Å². The van der Waals surface area contributed by atoms with Crippen LogP contribution < -0.4 is 9.47 Å². The molecule has 0 bridgehead atoms. The van der Waals surface area contributed by atoms with Crippen molar-refractivity contribution in [2.75, 3.05) is 26.4 Å². The van der Waals surface area contributed by atoms with E-state index in [0.29, 0.717) is 37.4 Å². The summed E-state index contributed by atoms with van der Waals surface area (Å²) in [5.74, 6) is -0.223. The molecule has 1 amide bonds. The van der Waals surface area contributed by atoms with E-state index in [2.05, 4.69) is 36.9 Å². The van der Waals surface area contributed by atoms with Crippen LogP contribution in [-0.2, 0) is 20.9 Å². The molecule has 6 unspecified atom stereocenters. The standard InChI is InChI=1S/C50H57FN2O7/c1-3-27-57-50-46(53(49(56)35-17-18-35)32-33-15-20-38(51)21-16-33)31-44(52-58-4-2)42-29-37(13-7-9-25-54)41(14-8-10-26-55)47(48(42)50)43-30-40(23-24-45(43)60-50)59-39-22-19-34-11-5-6-12-36(34)28-39/h3,5-6,11-12,15-16,19-24,28-30,35,37,41,46-48,54-55H,1,4,7-10,13-14,17-18,25-27,31-32H2,2H3. The predicted octanol–water partition coefficient (Wildman–Crippen LogP) is 9.86. The van der Waals surface area contributed by atoms with Crippen LogP contribution in [0.1, 0.15) is 81.8 Å². The maximum absolute atomic E-state index is 14.7. The number of aliphatic hydroxyl groups excluding tert-OH is 2. The Morgan fingerprint density at radius 3 is 2.42 bits per heavy atom. The molecule has 2 saturated carbocycles. The number of nitrogens with zero attached hydrogens (tertiary/aromatic N) is 2. The van der Waals surface area contributed by atoms with Crippen molar-refractivity contribution in [1.29, 1.82) is 0 Å². The highest BCUT2D eigenvalue weighted by Gasteiger charge is 2.66. The van der Waals surface area contributed by atoms with Crippen LogP contribution >= 0.6 is 0 Å². The predicted molar refractivity (Wildman–Crippen MR) is 230 cm³/mol. The summed E-state index contributed by atoms with van der Waals surface area (Å²) in [6.45, 7) is 6.93. The molecule has 10 heteroatoms. The van der Waals surface area contributed by atoms with Crippen molar-refractivity contribution in [1.82, 2.24) is 4.90 Å². The summed E-state index contributed by atoms with van der Waals surface area (Å²) in [7, 11) is 0. The number of aliphatic hydroxyl groups is 2. The molecule has 3 aliphatic carbocycles. The lowest BCUT2D eigenvalue weighted by molar-refractivity contribution is -0.258. The molecule has 4 aromatic carbocycles. The summed E-state index contributed by atoms with van der Waals surface area (Å²) in [4.78, 5) is 22.5. The van der Waals surface area contributed by atoms with E-state index in [4.69, 9.17) is 24.2 Å². The maximum atomic E-state index is 14.7. The lowest BCUT2D eigenvalue weighted by atomic mass is 9.55. The summed E-state index contributed by atoms with van der Waals surface area (Å²) < 4.78 is 35.4. The fourth-order valence-corrected chi connectivity index (χ4v) is 9.91. The molecule has 0 radical (unpaired) electrons. The molecule has 1 heterocycles. The monoisotopic (exact) mass is 816 g/mol. The summed E-state index contributed by atoms with van der Waals surface area (Å²) in [6, 6.07) is 26.0. The number of hydrogen-bond donors (Lipinski definition) is 2. The smallest absolute Gasteiger partial charge is 0.239 e. The number of rotatable bonds is 19. The zero-order valence-electron chi connectivity index (χ0n) is 34.5. The topological polar surface area (TPSA) is 110 Å². The Bertz CT molecular complexity index is 2200. The van der Waals surface area contributed by atoms with E-state index in [0.717, 1.165) is 77.5 Å². The lowest BCUT2D eigenvalue weighted by Gasteiger charge is -2.60. The third kappa shape index (κ3) is 8.60. The number of carbonyl (C=O) groups excluding carboxylic acids is 1. The first-order valence-electron chi connectivity index (χ1n) is 21.8. The highest BCUT2D eigenvalue weighted by Crippen LogP contribution is 2.62. The van der Waals surface area contributed by atoms with Gasteiger partial charge in [-0.2, -0.15) is 0 Å². The molecule has 2 N–H and O–H groups in total. The zero-order chi connectivity index (χ0) is 41.6. The Labute approximate surface area is 352 Å². The number of oxime groups is 1. The van der Waals surface area contributed by atoms with Gasteiger partial charge in [0.1, 0.15) is 35.7 Å². The quantitative estimate of drug-likeness (QED) is 0.0551. The fourth-order valence-electron chi connectivity index (χ4n) is 9.91. The van der Waals surface area contributed by atoms with Crippen LogP contribution in [0.4, 0.5) is 4.39 Å². The van der Waals surface area contributed by atoms with E-state index in [1.54, 1.807) is 18.2 Å². The average Bonchev–Trinajstić information content (AvgIpc) is 4.12. The van der Waals surface area contributed by atoms with Crippen molar-refractivity contribution >= 4 is 22.4 Å². The molecule has 2 fully saturated rings. The van der Waals surface area contributed by atoms with E-state index in [1.165, 1.54) is 12.1 Å². The summed E-state index contributed by atoms with van der Waals surface area (Å²) >= 11 is 0. The molecule has 9 nitrogen and oxygen atoms in total. The second-order valence-electron chi connectivity index (χ2n) is 16.7. The minimum atomic E-state index is -1.38. The van der Waals surface area contributed by atoms with Crippen molar-refractivity contribution in [2.24, 2.45) is 28.8 Å². The van der Waals surface area contributed by atoms with Crippen molar-refractivity contribution < 1.29 is 38.4 Å². The molecule has 316 valence electrons.